The molecular formula is C26H24N4O2. The summed E-state index contributed by atoms with van der Waals surface area (Å²) in [4.78, 5) is 12.2. The van der Waals surface area contributed by atoms with Gasteiger partial charge in [-0.25, -0.2) is 0 Å². The highest BCUT2D eigenvalue weighted by Crippen LogP contribution is 2.35. The lowest BCUT2D eigenvalue weighted by atomic mass is 9.97. The Morgan fingerprint density at radius 3 is 2.44 bits per heavy atom. The van der Waals surface area contributed by atoms with Crippen molar-refractivity contribution in [2.45, 2.75) is 26.3 Å². The Balaban J connectivity index is 1.75. The smallest absolute Gasteiger partial charge is 0.241 e. The highest BCUT2D eigenvalue weighted by Gasteiger charge is 2.18. The molecule has 32 heavy (non-hydrogen) atoms. The van der Waals surface area contributed by atoms with Crippen molar-refractivity contribution in [3.63, 3.8) is 0 Å². The molecule has 3 rings (SSSR count). The lowest BCUT2D eigenvalue weighted by molar-refractivity contribution is -0.117. The summed E-state index contributed by atoms with van der Waals surface area (Å²) in [5, 5.41) is 21.4. The zero-order chi connectivity index (χ0) is 23.1. The summed E-state index contributed by atoms with van der Waals surface area (Å²) in [5.41, 5.74) is 8.76. The van der Waals surface area contributed by atoms with Crippen LogP contribution in [-0.4, -0.2) is 11.9 Å². The molecule has 0 aliphatic carbocycles. The first-order valence-electron chi connectivity index (χ1n) is 10.3. The lowest BCUT2D eigenvalue weighted by Crippen LogP contribution is -2.36. The molecule has 0 bridgehead atoms. The summed E-state index contributed by atoms with van der Waals surface area (Å²) in [7, 11) is 0. The number of nitriles is 2. The number of fused-ring (bicyclic) bond motifs is 1. The van der Waals surface area contributed by atoms with E-state index in [-0.39, 0.29) is 11.5 Å². The zero-order valence-corrected chi connectivity index (χ0v) is 18.0. The van der Waals surface area contributed by atoms with Gasteiger partial charge in [0.1, 0.15) is 29.2 Å². The van der Waals surface area contributed by atoms with Crippen molar-refractivity contribution in [1.82, 2.24) is 0 Å². The number of carbonyl (C=O) groups is 1. The molecule has 2 aromatic carbocycles. The number of allylic oxidation sites excluding steroid dienone is 4. The van der Waals surface area contributed by atoms with E-state index >= 15 is 0 Å². The Labute approximate surface area is 187 Å². The van der Waals surface area contributed by atoms with Crippen LogP contribution in [-0.2, 0) is 4.79 Å². The number of ether oxygens (including phenoxy) is 1. The fourth-order valence-electron chi connectivity index (χ4n) is 3.29. The number of benzene rings is 2. The molecule has 3 N–H and O–H groups in total. The van der Waals surface area contributed by atoms with Crippen molar-refractivity contribution in [3.8, 4) is 17.9 Å². The van der Waals surface area contributed by atoms with E-state index in [4.69, 9.17) is 10.5 Å². The van der Waals surface area contributed by atoms with Crippen LogP contribution in [0.5, 0.6) is 5.75 Å². The SMILES string of the molecule is CC(C)C[C@H](N)C(=O)Nc1ccc(/C=C/C2=CC(=C(C#N)C#N)c3ccccc3O2)cc1. The van der Waals surface area contributed by atoms with Crippen LogP contribution >= 0.6 is 0 Å². The molecule has 1 heterocycles. The maximum atomic E-state index is 12.2. The van der Waals surface area contributed by atoms with Crippen molar-refractivity contribution < 1.29 is 9.53 Å². The van der Waals surface area contributed by atoms with Gasteiger partial charge in [-0.3, -0.25) is 4.79 Å². The van der Waals surface area contributed by atoms with Crippen LogP contribution in [0, 0.1) is 28.6 Å². The molecular weight excluding hydrogens is 400 g/mol. The van der Waals surface area contributed by atoms with Gasteiger partial charge in [0.05, 0.1) is 6.04 Å². The second kappa shape index (κ2) is 10.3. The van der Waals surface area contributed by atoms with Gasteiger partial charge in [-0.1, -0.05) is 50.3 Å². The van der Waals surface area contributed by atoms with Crippen LogP contribution in [0.1, 0.15) is 31.4 Å². The van der Waals surface area contributed by atoms with E-state index in [1.807, 2.05) is 62.4 Å². The minimum atomic E-state index is -0.540. The molecule has 0 unspecified atom stereocenters. The van der Waals surface area contributed by atoms with Gasteiger partial charge in [-0.05, 0) is 48.3 Å². The van der Waals surface area contributed by atoms with E-state index < -0.39 is 6.04 Å². The fourth-order valence-corrected chi connectivity index (χ4v) is 3.29. The molecule has 1 aliphatic rings. The van der Waals surface area contributed by atoms with Gasteiger partial charge in [0, 0.05) is 16.8 Å². The van der Waals surface area contributed by atoms with Gasteiger partial charge in [0.15, 0.2) is 0 Å². The lowest BCUT2D eigenvalue weighted by Gasteiger charge is -2.18. The van der Waals surface area contributed by atoms with Crippen LogP contribution in [0.25, 0.3) is 11.6 Å². The Kier molecular flexibility index (Phi) is 7.23. The Hall–Kier alpha value is -4.13. The highest BCUT2D eigenvalue weighted by molar-refractivity contribution is 5.94. The predicted molar refractivity (Wildman–Crippen MR) is 125 cm³/mol. The van der Waals surface area contributed by atoms with Gasteiger partial charge in [-0.15, -0.1) is 0 Å². The number of carbonyl (C=O) groups excluding carboxylic acids is 1. The minimum absolute atomic E-state index is 0.0300. The number of nitrogens with one attached hydrogen (secondary N) is 1. The van der Waals surface area contributed by atoms with E-state index in [1.54, 1.807) is 30.4 Å². The van der Waals surface area contributed by atoms with Crippen molar-refractivity contribution in [3.05, 3.63) is 83.1 Å². The number of nitrogens with zero attached hydrogens (tertiary/aromatic N) is 2. The van der Waals surface area contributed by atoms with Crippen molar-refractivity contribution in [2.24, 2.45) is 11.7 Å². The summed E-state index contributed by atoms with van der Waals surface area (Å²) < 4.78 is 5.91. The number of anilines is 1. The molecule has 0 radical (unpaired) electrons. The van der Waals surface area contributed by atoms with E-state index in [0.29, 0.717) is 40.7 Å². The number of rotatable bonds is 6. The first kappa shape index (κ1) is 22.6. The first-order chi connectivity index (χ1) is 15.4. The van der Waals surface area contributed by atoms with E-state index in [0.717, 1.165) is 5.56 Å². The molecule has 0 spiro atoms. The van der Waals surface area contributed by atoms with Gasteiger partial charge in [-0.2, -0.15) is 10.5 Å². The third-order valence-electron chi connectivity index (χ3n) is 4.86. The molecule has 0 saturated heterocycles. The Morgan fingerprint density at radius 2 is 1.78 bits per heavy atom. The molecule has 0 fully saturated rings. The zero-order valence-electron chi connectivity index (χ0n) is 18.0. The average molecular weight is 425 g/mol. The molecule has 0 aromatic heterocycles. The number of para-hydroxylation sites is 1. The fraction of sp³-hybridized carbons (Fsp3) is 0.192. The third kappa shape index (κ3) is 5.51. The third-order valence-corrected chi connectivity index (χ3v) is 4.86. The minimum Gasteiger partial charge on any atom is -0.457 e. The molecule has 6 nitrogen and oxygen atoms in total. The first-order valence-corrected chi connectivity index (χ1v) is 10.3. The second-order valence-electron chi connectivity index (χ2n) is 7.84. The highest BCUT2D eigenvalue weighted by atomic mass is 16.5. The summed E-state index contributed by atoms with van der Waals surface area (Å²) in [6.07, 6.45) is 5.94. The molecule has 1 aliphatic heterocycles. The van der Waals surface area contributed by atoms with Gasteiger partial charge >= 0.3 is 0 Å². The normalized spacial score (nSPS) is 13.4. The largest absolute Gasteiger partial charge is 0.457 e. The van der Waals surface area contributed by atoms with Crippen LogP contribution in [0.15, 0.2) is 72.0 Å². The van der Waals surface area contributed by atoms with E-state index in [9.17, 15) is 15.3 Å². The summed E-state index contributed by atoms with van der Waals surface area (Å²) in [6, 6.07) is 18.0. The maximum absolute atomic E-state index is 12.2. The Morgan fingerprint density at radius 1 is 1.09 bits per heavy atom. The van der Waals surface area contributed by atoms with Crippen molar-refractivity contribution in [1.29, 1.82) is 10.5 Å². The summed E-state index contributed by atoms with van der Waals surface area (Å²) in [6.45, 7) is 4.05. The number of hydrogen-bond donors (Lipinski definition) is 2. The van der Waals surface area contributed by atoms with Crippen LogP contribution < -0.4 is 15.8 Å². The molecule has 6 heteroatoms. The van der Waals surface area contributed by atoms with Crippen LogP contribution in [0.2, 0.25) is 0 Å². The summed E-state index contributed by atoms with van der Waals surface area (Å²) in [5.74, 6) is 1.24. The molecule has 1 amide bonds. The van der Waals surface area contributed by atoms with Crippen molar-refractivity contribution in [2.75, 3.05) is 5.32 Å². The van der Waals surface area contributed by atoms with E-state index in [1.165, 1.54) is 0 Å². The van der Waals surface area contributed by atoms with Gasteiger partial charge < -0.3 is 15.8 Å². The van der Waals surface area contributed by atoms with Gasteiger partial charge in [0.25, 0.3) is 0 Å². The Bertz CT molecular complexity index is 1160. The van der Waals surface area contributed by atoms with Gasteiger partial charge in [0.2, 0.25) is 5.91 Å². The van der Waals surface area contributed by atoms with Crippen molar-refractivity contribution >= 4 is 23.2 Å². The second-order valence-corrected chi connectivity index (χ2v) is 7.84. The van der Waals surface area contributed by atoms with Crippen LogP contribution in [0.3, 0.4) is 0 Å². The molecule has 1 atom stereocenters. The topological polar surface area (TPSA) is 112 Å². The monoisotopic (exact) mass is 424 g/mol. The average Bonchev–Trinajstić information content (AvgIpc) is 2.79. The molecule has 160 valence electrons. The quantitative estimate of drug-likeness (QED) is 0.648. The number of amides is 1. The molecule has 2 aromatic rings. The summed E-state index contributed by atoms with van der Waals surface area (Å²) >= 11 is 0. The predicted octanol–water partition coefficient (Wildman–Crippen LogP) is 4.79. The maximum Gasteiger partial charge on any atom is 0.241 e. The number of hydrogen-bond acceptors (Lipinski definition) is 5. The van der Waals surface area contributed by atoms with E-state index in [2.05, 4.69) is 5.32 Å². The molecule has 0 saturated carbocycles. The number of nitrogens with two attached hydrogens (primary N) is 1. The van der Waals surface area contributed by atoms with Crippen LogP contribution in [0.4, 0.5) is 5.69 Å². The standard InChI is InChI=1S/C26H24N4O2/c1-17(2)13-24(29)26(31)30-20-10-7-18(8-11-20)9-12-21-14-23(19(15-27)16-28)22-5-3-4-6-25(22)32-21/h3-12,14,17,24H,13,29H2,1-2H3,(H,30,31)/b12-9+/t24-/m0/s1.